The highest BCUT2D eigenvalue weighted by molar-refractivity contribution is 6.33. The van der Waals surface area contributed by atoms with Crippen LogP contribution in [0.25, 0.3) is 22.8 Å². The number of rotatable bonds is 8. The van der Waals surface area contributed by atoms with Gasteiger partial charge in [0.15, 0.2) is 17.4 Å². The number of hydrogen-bond acceptors (Lipinski definition) is 6. The summed E-state index contributed by atoms with van der Waals surface area (Å²) in [5.41, 5.74) is -1.09. The molecule has 0 amide bonds. The van der Waals surface area contributed by atoms with E-state index in [1.165, 1.54) is 19.2 Å². The summed E-state index contributed by atoms with van der Waals surface area (Å²) in [6, 6.07) is 9.14. The lowest BCUT2D eigenvalue weighted by atomic mass is 9.88. The van der Waals surface area contributed by atoms with Crippen molar-refractivity contribution in [3.8, 4) is 28.8 Å². The van der Waals surface area contributed by atoms with Gasteiger partial charge < -0.3 is 9.47 Å². The average molecular weight is 526 g/mol. The van der Waals surface area contributed by atoms with E-state index >= 15 is 0 Å². The van der Waals surface area contributed by atoms with Gasteiger partial charge in [0.1, 0.15) is 5.82 Å². The standard InChI is InChI=1S/C25H24ClF4N3O3/c1-13(11-20(34)24(3,36-5)25(28,29)30)15-6-8-18(26)17(12-15)22-31-21(32-23(33-22)35-4)16-7-9-19(27)14(2)10-16/h6-10,12-13H,11H2,1-5H3. The lowest BCUT2D eigenvalue weighted by Gasteiger charge is -2.30. The number of ketones is 1. The number of carbonyl (C=O) groups excluding carboxylic acids is 1. The first-order chi connectivity index (χ1) is 16.8. The van der Waals surface area contributed by atoms with Crippen molar-refractivity contribution < 1.29 is 31.8 Å². The Labute approximate surface area is 210 Å². The minimum absolute atomic E-state index is 0.0114. The Hall–Kier alpha value is -3.11. The molecule has 3 aromatic rings. The molecule has 0 bridgehead atoms. The van der Waals surface area contributed by atoms with Crippen LogP contribution in [0, 0.1) is 12.7 Å². The molecule has 0 aliphatic heterocycles. The molecule has 0 saturated heterocycles. The molecule has 0 N–H and O–H groups in total. The van der Waals surface area contributed by atoms with Crippen molar-refractivity contribution in [1.29, 1.82) is 0 Å². The first-order valence-corrected chi connectivity index (χ1v) is 11.2. The van der Waals surface area contributed by atoms with Crippen molar-refractivity contribution in [2.24, 2.45) is 0 Å². The van der Waals surface area contributed by atoms with E-state index in [2.05, 4.69) is 19.7 Å². The van der Waals surface area contributed by atoms with Gasteiger partial charge in [-0.2, -0.15) is 23.1 Å². The molecule has 2 unspecified atom stereocenters. The Bertz CT molecular complexity index is 1290. The number of aryl methyl sites for hydroxylation is 1. The fraction of sp³-hybridized carbons (Fsp3) is 0.360. The number of benzene rings is 2. The van der Waals surface area contributed by atoms with Crippen molar-refractivity contribution in [2.45, 2.75) is 44.9 Å². The molecule has 0 aliphatic rings. The van der Waals surface area contributed by atoms with E-state index in [1.54, 1.807) is 38.1 Å². The van der Waals surface area contributed by atoms with Crippen LogP contribution in [0.4, 0.5) is 17.6 Å². The zero-order valence-corrected chi connectivity index (χ0v) is 21.0. The monoisotopic (exact) mass is 525 g/mol. The Morgan fingerprint density at radius 3 is 2.31 bits per heavy atom. The molecule has 2 aromatic carbocycles. The molecule has 3 rings (SSSR count). The third-order valence-electron chi connectivity index (χ3n) is 5.99. The number of alkyl halides is 3. The lowest BCUT2D eigenvalue weighted by molar-refractivity contribution is -0.252. The molecule has 36 heavy (non-hydrogen) atoms. The van der Waals surface area contributed by atoms with Crippen LogP contribution in [0.5, 0.6) is 6.01 Å². The molecule has 0 radical (unpaired) electrons. The second-order valence-corrected chi connectivity index (χ2v) is 8.84. The fourth-order valence-corrected chi connectivity index (χ4v) is 3.68. The van der Waals surface area contributed by atoms with Gasteiger partial charge in [-0.25, -0.2) is 9.37 Å². The minimum atomic E-state index is -4.86. The number of carbonyl (C=O) groups is 1. The first-order valence-electron chi connectivity index (χ1n) is 10.8. The Morgan fingerprint density at radius 1 is 1.06 bits per heavy atom. The molecule has 0 fully saturated rings. The van der Waals surface area contributed by atoms with Crippen molar-refractivity contribution >= 4 is 17.4 Å². The number of hydrogen-bond donors (Lipinski definition) is 0. The summed E-state index contributed by atoms with van der Waals surface area (Å²) in [7, 11) is 2.22. The highest BCUT2D eigenvalue weighted by Crippen LogP contribution is 2.37. The predicted octanol–water partition coefficient (Wildman–Crippen LogP) is 6.35. The summed E-state index contributed by atoms with van der Waals surface area (Å²) in [5, 5.41) is 0.267. The Morgan fingerprint density at radius 2 is 1.72 bits per heavy atom. The van der Waals surface area contributed by atoms with E-state index in [1.807, 2.05) is 0 Å². The van der Waals surface area contributed by atoms with Crippen molar-refractivity contribution in [3.05, 3.63) is 58.4 Å². The molecule has 192 valence electrons. The number of halogens is 5. The fourth-order valence-electron chi connectivity index (χ4n) is 3.48. The first kappa shape index (κ1) is 27.5. The minimum Gasteiger partial charge on any atom is -0.467 e. The number of aromatic nitrogens is 3. The van der Waals surface area contributed by atoms with Crippen LogP contribution in [-0.4, -0.2) is 46.7 Å². The van der Waals surface area contributed by atoms with Crippen molar-refractivity contribution in [2.75, 3.05) is 14.2 Å². The molecule has 11 heteroatoms. The zero-order valence-electron chi connectivity index (χ0n) is 20.2. The van der Waals surface area contributed by atoms with Crippen LogP contribution in [0.2, 0.25) is 5.02 Å². The van der Waals surface area contributed by atoms with Gasteiger partial charge in [0.2, 0.25) is 5.60 Å². The number of Topliss-reactive ketones (excluding diaryl/α,β-unsaturated/α-hetero) is 1. The molecular weight excluding hydrogens is 502 g/mol. The second kappa shape index (κ2) is 10.5. The molecule has 1 aromatic heterocycles. The van der Waals surface area contributed by atoms with Gasteiger partial charge in [0.05, 0.1) is 12.1 Å². The SMILES string of the molecule is COc1nc(-c2ccc(F)c(C)c2)nc(-c2cc(C(C)CC(=O)C(C)(OC)C(F)(F)F)ccc2Cl)n1. The van der Waals surface area contributed by atoms with E-state index in [9.17, 15) is 22.4 Å². The molecular formula is C25H24ClF4N3O3. The summed E-state index contributed by atoms with van der Waals surface area (Å²) in [6.07, 6.45) is -5.29. The highest BCUT2D eigenvalue weighted by atomic mass is 35.5. The maximum Gasteiger partial charge on any atom is 0.424 e. The average Bonchev–Trinajstić information content (AvgIpc) is 2.84. The highest BCUT2D eigenvalue weighted by Gasteiger charge is 2.57. The molecule has 0 aliphatic carbocycles. The Kier molecular flexibility index (Phi) is 8.00. The quantitative estimate of drug-likeness (QED) is 0.319. The van der Waals surface area contributed by atoms with E-state index in [-0.39, 0.29) is 28.5 Å². The summed E-state index contributed by atoms with van der Waals surface area (Å²) in [4.78, 5) is 25.5. The van der Waals surface area contributed by atoms with Crippen LogP contribution in [0.15, 0.2) is 36.4 Å². The lowest BCUT2D eigenvalue weighted by Crippen LogP contribution is -2.51. The van der Waals surface area contributed by atoms with Gasteiger partial charge >= 0.3 is 12.2 Å². The van der Waals surface area contributed by atoms with Crippen LogP contribution in [-0.2, 0) is 9.53 Å². The largest absolute Gasteiger partial charge is 0.467 e. The molecule has 2 atom stereocenters. The third-order valence-corrected chi connectivity index (χ3v) is 6.32. The van der Waals surface area contributed by atoms with Crippen LogP contribution >= 0.6 is 11.6 Å². The summed E-state index contributed by atoms with van der Waals surface area (Å²) in [5.74, 6) is -1.73. The van der Waals surface area contributed by atoms with E-state index in [0.717, 1.165) is 7.11 Å². The molecule has 1 heterocycles. The van der Waals surface area contributed by atoms with Gasteiger partial charge in [-0.05, 0) is 61.2 Å². The zero-order chi connectivity index (χ0) is 26.8. The number of nitrogens with zero attached hydrogens (tertiary/aromatic N) is 3. The van der Waals surface area contributed by atoms with E-state index < -0.39 is 29.9 Å². The summed E-state index contributed by atoms with van der Waals surface area (Å²) < 4.78 is 63.8. The van der Waals surface area contributed by atoms with Crippen molar-refractivity contribution in [1.82, 2.24) is 15.0 Å². The maximum atomic E-state index is 13.7. The van der Waals surface area contributed by atoms with Crippen LogP contribution < -0.4 is 4.74 Å². The molecule has 0 spiro atoms. The topological polar surface area (TPSA) is 74.2 Å². The molecule has 6 nitrogen and oxygen atoms in total. The number of ether oxygens (including phenoxy) is 2. The third kappa shape index (κ3) is 5.49. The van der Waals surface area contributed by atoms with Gasteiger partial charge in [-0.15, -0.1) is 0 Å². The summed E-state index contributed by atoms with van der Waals surface area (Å²) >= 11 is 6.41. The molecule has 0 saturated carbocycles. The van der Waals surface area contributed by atoms with E-state index in [4.69, 9.17) is 16.3 Å². The van der Waals surface area contributed by atoms with Gasteiger partial charge in [0, 0.05) is 24.7 Å². The van der Waals surface area contributed by atoms with Crippen LogP contribution in [0.3, 0.4) is 0 Å². The van der Waals surface area contributed by atoms with Gasteiger partial charge in [-0.3, -0.25) is 4.79 Å². The second-order valence-electron chi connectivity index (χ2n) is 8.44. The van der Waals surface area contributed by atoms with E-state index in [0.29, 0.717) is 29.2 Å². The number of methoxy groups -OCH3 is 2. The van der Waals surface area contributed by atoms with Crippen LogP contribution in [0.1, 0.15) is 37.3 Å². The predicted molar refractivity (Wildman–Crippen MR) is 126 cm³/mol. The van der Waals surface area contributed by atoms with Gasteiger partial charge in [-0.1, -0.05) is 24.6 Å². The smallest absolute Gasteiger partial charge is 0.424 e. The van der Waals surface area contributed by atoms with Gasteiger partial charge in [0.25, 0.3) is 0 Å². The maximum absolute atomic E-state index is 13.7. The normalized spacial score (nSPS) is 14.3. The summed E-state index contributed by atoms with van der Waals surface area (Å²) in [6.45, 7) is 3.94. The van der Waals surface area contributed by atoms with Crippen molar-refractivity contribution in [3.63, 3.8) is 0 Å². The Balaban J connectivity index is 2.00.